The number of esters is 1. The first-order chi connectivity index (χ1) is 4.22. The fourth-order valence-electron chi connectivity index (χ4n) is 0.451. The Morgan fingerprint density at radius 2 is 2.00 bits per heavy atom. The number of rotatable bonds is 3. The topological polar surface area (TPSA) is 26.3 Å². The van der Waals surface area contributed by atoms with Crippen LogP contribution in [-0.2, 0) is 9.53 Å². The zero-order valence-electron chi connectivity index (χ0n) is 6.31. The van der Waals surface area contributed by atoms with Crippen LogP contribution in [0.5, 0.6) is 0 Å². The Hall–Kier alpha value is 0.470. The van der Waals surface area contributed by atoms with Crippen LogP contribution < -0.4 is 0 Å². The second-order valence-corrected chi connectivity index (χ2v) is 2.06. The Labute approximate surface area is 84.6 Å². The van der Waals surface area contributed by atoms with Crippen LogP contribution in [0.3, 0.4) is 0 Å². The van der Waals surface area contributed by atoms with Gasteiger partial charge in [-0.15, -0.1) is 0 Å². The molecule has 56 valence electrons. The van der Waals surface area contributed by atoms with Gasteiger partial charge in [0.15, 0.2) is 0 Å². The number of ether oxygens (including phenoxy) is 1. The Bertz CT molecular complexity index is 93.6. The third-order valence-corrected chi connectivity index (χ3v) is 1.30. The van der Waals surface area contributed by atoms with Crippen LogP contribution in [0.2, 0.25) is 0 Å². The molecule has 0 aromatic rings. The number of carbonyl (C=O) groups excluding carboxylic acids is 1. The Morgan fingerprint density at radius 1 is 1.50 bits per heavy atom. The maximum atomic E-state index is 10.8. The van der Waals surface area contributed by atoms with Crippen LogP contribution in [0.4, 0.5) is 0 Å². The number of carbonyl (C=O) groups is 1. The van der Waals surface area contributed by atoms with E-state index >= 15 is 0 Å². The summed E-state index contributed by atoms with van der Waals surface area (Å²) in [5.74, 6) is -0.0232. The van der Waals surface area contributed by atoms with Crippen LogP contribution in [0.15, 0.2) is 0 Å². The second-order valence-electron chi connectivity index (χ2n) is 2.06. The van der Waals surface area contributed by atoms with Gasteiger partial charge in [0.1, 0.15) is 0 Å². The molecule has 3 heteroatoms. The van der Waals surface area contributed by atoms with Crippen LogP contribution in [0.1, 0.15) is 27.2 Å². The van der Waals surface area contributed by atoms with Gasteiger partial charge in [-0.3, -0.25) is 4.79 Å². The van der Waals surface area contributed by atoms with Gasteiger partial charge in [0.05, 0.1) is 12.5 Å². The molecule has 0 amide bonds. The van der Waals surface area contributed by atoms with Crippen molar-refractivity contribution in [2.24, 2.45) is 5.92 Å². The predicted molar refractivity (Wildman–Crippen MR) is 43.2 cm³/mol. The van der Waals surface area contributed by atoms with Crippen molar-refractivity contribution in [3.05, 3.63) is 0 Å². The van der Waals surface area contributed by atoms with Gasteiger partial charge in [0.25, 0.3) is 0 Å². The summed E-state index contributed by atoms with van der Waals surface area (Å²) in [6.45, 7) is 6.16. The monoisotopic (exact) mass is 154 g/mol. The molecule has 0 fully saturated rings. The van der Waals surface area contributed by atoms with Gasteiger partial charge in [-0.1, -0.05) is 13.8 Å². The molecule has 0 aliphatic carbocycles. The predicted octanol–water partition coefficient (Wildman–Crippen LogP) is 0.947. The van der Waals surface area contributed by atoms with E-state index in [4.69, 9.17) is 4.74 Å². The van der Waals surface area contributed by atoms with Crippen LogP contribution in [0, 0.1) is 5.92 Å². The summed E-state index contributed by atoms with van der Waals surface area (Å²) < 4.78 is 4.76. The van der Waals surface area contributed by atoms with Gasteiger partial charge in [-0.05, 0) is 13.3 Å². The van der Waals surface area contributed by atoms with E-state index in [9.17, 15) is 4.79 Å². The van der Waals surface area contributed by atoms with Crippen molar-refractivity contribution in [2.45, 2.75) is 27.2 Å². The summed E-state index contributed by atoms with van der Waals surface area (Å²) in [7, 11) is 0. The third-order valence-electron chi connectivity index (χ3n) is 1.30. The number of hydrogen-bond donors (Lipinski definition) is 0. The molecule has 0 spiro atoms. The van der Waals surface area contributed by atoms with Gasteiger partial charge in [-0.2, -0.15) is 0 Å². The average Bonchev–Trinajstić information content (AvgIpc) is 1.87. The average molecular weight is 154 g/mol. The van der Waals surface area contributed by atoms with Crippen molar-refractivity contribution in [1.29, 1.82) is 0 Å². The summed E-state index contributed by atoms with van der Waals surface area (Å²) in [5.41, 5.74) is 0. The van der Waals surface area contributed by atoms with Crippen molar-refractivity contribution in [3.8, 4) is 0 Å². The van der Waals surface area contributed by atoms with E-state index in [1.165, 1.54) is 0 Å². The molecule has 0 bridgehead atoms. The minimum atomic E-state index is -0.0833. The molecule has 10 heavy (non-hydrogen) atoms. The van der Waals surface area contributed by atoms with Crippen LogP contribution >= 0.6 is 0 Å². The van der Waals surface area contributed by atoms with Gasteiger partial charge in [0.2, 0.25) is 0 Å². The van der Waals surface area contributed by atoms with E-state index in [1.54, 1.807) is 0 Å². The van der Waals surface area contributed by atoms with E-state index in [-0.39, 0.29) is 41.4 Å². The molecule has 1 atom stereocenters. The molecule has 0 rings (SSSR count). The van der Waals surface area contributed by atoms with Crippen molar-refractivity contribution < 1.29 is 9.53 Å². The molecule has 0 aromatic carbocycles. The molecule has 0 N–H and O–H groups in total. The summed E-state index contributed by atoms with van der Waals surface area (Å²) in [6, 6.07) is 0. The summed E-state index contributed by atoms with van der Waals surface area (Å²) >= 11 is 0. The van der Waals surface area contributed by atoms with Gasteiger partial charge in [-0.25, -0.2) is 0 Å². The third kappa shape index (κ3) is 5.27. The van der Waals surface area contributed by atoms with Crippen LogP contribution in [-0.4, -0.2) is 42.1 Å². The van der Waals surface area contributed by atoms with Crippen molar-refractivity contribution in [3.63, 3.8) is 0 Å². The van der Waals surface area contributed by atoms with Crippen molar-refractivity contribution in [2.75, 3.05) is 6.61 Å². The molecule has 0 aliphatic heterocycles. The Kier molecular flexibility index (Phi) is 9.92. The van der Waals surface area contributed by atoms with Crippen molar-refractivity contribution >= 4 is 35.5 Å². The summed E-state index contributed by atoms with van der Waals surface area (Å²) in [6.07, 6.45) is 0.860. The molecule has 0 radical (unpaired) electrons. The molecule has 0 saturated carbocycles. The molecule has 2 nitrogen and oxygen atoms in total. The minimum absolute atomic E-state index is 0. The normalized spacial score (nSPS) is 11.5. The van der Waals surface area contributed by atoms with E-state index < -0.39 is 0 Å². The van der Waals surface area contributed by atoms with Gasteiger partial charge >= 0.3 is 35.5 Å². The van der Waals surface area contributed by atoms with E-state index in [2.05, 4.69) is 0 Å². The van der Waals surface area contributed by atoms with Gasteiger partial charge < -0.3 is 4.74 Å². The second kappa shape index (κ2) is 7.58. The quantitative estimate of drug-likeness (QED) is 0.447. The molecule has 1 unspecified atom stereocenters. The van der Waals surface area contributed by atoms with Crippen LogP contribution in [0.25, 0.3) is 0 Å². The van der Waals surface area contributed by atoms with E-state index in [0.717, 1.165) is 6.42 Å². The van der Waals surface area contributed by atoms with Crippen molar-refractivity contribution in [1.82, 2.24) is 0 Å². The first kappa shape index (κ1) is 13.1. The molecular weight excluding hydrogens is 139 g/mol. The van der Waals surface area contributed by atoms with Gasteiger partial charge in [0, 0.05) is 0 Å². The Morgan fingerprint density at radius 3 is 2.30 bits per heavy atom. The molecule has 0 aromatic heterocycles. The fourth-order valence-corrected chi connectivity index (χ4v) is 0.451. The molecule has 0 heterocycles. The standard InChI is InChI=1S/C7H14O2.Na.H/c1-4-6(3)7(8)9-5-2;;/h6H,4-5H2,1-3H3;;. The maximum absolute atomic E-state index is 10.8. The fraction of sp³-hybridized carbons (Fsp3) is 0.857. The first-order valence-electron chi connectivity index (χ1n) is 3.39. The zero-order valence-corrected chi connectivity index (χ0v) is 6.31. The molecule has 0 aliphatic rings. The first-order valence-corrected chi connectivity index (χ1v) is 3.39. The zero-order chi connectivity index (χ0) is 7.28. The molecular formula is C7H15NaO2. The molecule has 0 saturated heterocycles. The summed E-state index contributed by atoms with van der Waals surface area (Å²) in [4.78, 5) is 10.8. The number of hydrogen-bond acceptors (Lipinski definition) is 2. The summed E-state index contributed by atoms with van der Waals surface area (Å²) in [5, 5.41) is 0. The van der Waals surface area contributed by atoms with E-state index in [1.807, 2.05) is 20.8 Å². The van der Waals surface area contributed by atoms with E-state index in [0.29, 0.717) is 6.61 Å². The SMILES string of the molecule is CCOC(=O)C(C)CC.[NaH]. The Balaban J connectivity index is 0.